The second kappa shape index (κ2) is 18.7. The van der Waals surface area contributed by atoms with Crippen LogP contribution in [0, 0.1) is 5.92 Å². The Hall–Kier alpha value is -2.66. The van der Waals surface area contributed by atoms with Crippen LogP contribution in [-0.2, 0) is 19.1 Å². The van der Waals surface area contributed by atoms with Gasteiger partial charge >= 0.3 is 5.97 Å². The minimum absolute atomic E-state index is 0.309. The van der Waals surface area contributed by atoms with E-state index in [4.69, 9.17) is 9.47 Å². The van der Waals surface area contributed by atoms with Crippen LogP contribution in [0.3, 0.4) is 0 Å². The van der Waals surface area contributed by atoms with Gasteiger partial charge in [0.25, 0.3) is 6.47 Å². The molecule has 34 heavy (non-hydrogen) atoms. The lowest BCUT2D eigenvalue weighted by Gasteiger charge is -2.10. The lowest BCUT2D eigenvalue weighted by atomic mass is 9.97. The van der Waals surface area contributed by atoms with Crippen molar-refractivity contribution in [1.29, 1.82) is 0 Å². The van der Waals surface area contributed by atoms with E-state index >= 15 is 0 Å². The summed E-state index contributed by atoms with van der Waals surface area (Å²) in [6, 6.07) is 7.68. The van der Waals surface area contributed by atoms with Gasteiger partial charge in [-0.15, -0.1) is 0 Å². The van der Waals surface area contributed by atoms with E-state index in [0.29, 0.717) is 55.9 Å². The van der Waals surface area contributed by atoms with Gasteiger partial charge in [-0.2, -0.15) is 0 Å². The van der Waals surface area contributed by atoms with Crippen LogP contribution in [0.15, 0.2) is 60.7 Å². The topological polar surface area (TPSA) is 61.8 Å². The van der Waals surface area contributed by atoms with Crippen molar-refractivity contribution in [3.05, 3.63) is 66.3 Å². The number of benzene rings is 1. The molecule has 0 radical (unpaired) electrons. The fraction of sp³-hybridized carbons (Fsp3) is 0.517. The van der Waals surface area contributed by atoms with Gasteiger partial charge in [-0.3, -0.25) is 4.79 Å². The van der Waals surface area contributed by atoms with E-state index in [1.54, 1.807) is 6.08 Å². The maximum atomic E-state index is 12.5. The molecule has 5 heteroatoms. The molecule has 0 saturated heterocycles. The summed E-state index contributed by atoms with van der Waals surface area (Å²) in [6.45, 7) is 12.5. The van der Waals surface area contributed by atoms with Gasteiger partial charge in [0, 0.05) is 6.61 Å². The van der Waals surface area contributed by atoms with Crippen LogP contribution in [0.5, 0.6) is 5.75 Å². The minimum Gasteiger partial charge on any atom is -0.468 e. The second-order valence-electron chi connectivity index (χ2n) is 8.54. The highest BCUT2D eigenvalue weighted by atomic mass is 16.5. The summed E-state index contributed by atoms with van der Waals surface area (Å²) in [5.41, 5.74) is 1.62. The van der Waals surface area contributed by atoms with Gasteiger partial charge in [0.1, 0.15) is 5.75 Å². The van der Waals surface area contributed by atoms with Crippen molar-refractivity contribution in [3.8, 4) is 5.75 Å². The molecule has 2 unspecified atom stereocenters. The van der Waals surface area contributed by atoms with Crippen molar-refractivity contribution in [3.63, 3.8) is 0 Å². The summed E-state index contributed by atoms with van der Waals surface area (Å²) >= 11 is 0. The number of allylic oxidation sites excluding steroid dienone is 2. The Morgan fingerprint density at radius 2 is 1.71 bits per heavy atom. The average molecular weight is 471 g/mol. The number of hydrogen-bond acceptors (Lipinski definition) is 5. The van der Waals surface area contributed by atoms with Gasteiger partial charge in [-0.1, -0.05) is 76.6 Å². The standard InChI is InChI=1S/C29H42O5/c1-5-12-24(3)14-15-25(4)27-16-18-28(19-17-27)34-29(31)26(6-2)13-11-22-32-20-9-7-8-10-21-33-23-30/h6,13-19,23-25H,2,5,7-12,20-22H2,1,3-4H3/b15-14+,26-13+. The molecule has 0 aromatic heterocycles. The van der Waals surface area contributed by atoms with Crippen LogP contribution in [-0.4, -0.2) is 32.3 Å². The number of unbranched alkanes of at least 4 members (excludes halogenated alkanes) is 3. The maximum absolute atomic E-state index is 12.5. The van der Waals surface area contributed by atoms with Gasteiger partial charge in [0.2, 0.25) is 0 Å². The van der Waals surface area contributed by atoms with Crippen LogP contribution in [0.2, 0.25) is 0 Å². The van der Waals surface area contributed by atoms with Gasteiger partial charge in [-0.25, -0.2) is 4.79 Å². The first-order chi connectivity index (χ1) is 16.5. The summed E-state index contributed by atoms with van der Waals surface area (Å²) in [5, 5.41) is 0. The summed E-state index contributed by atoms with van der Waals surface area (Å²) in [7, 11) is 0. The first kappa shape index (κ1) is 29.4. The van der Waals surface area contributed by atoms with Crippen molar-refractivity contribution >= 4 is 12.4 Å². The molecule has 0 aliphatic carbocycles. The van der Waals surface area contributed by atoms with Crippen LogP contribution >= 0.6 is 0 Å². The van der Waals surface area contributed by atoms with Crippen LogP contribution in [0.1, 0.15) is 77.2 Å². The molecule has 5 nitrogen and oxygen atoms in total. The fourth-order valence-electron chi connectivity index (χ4n) is 3.47. The molecule has 0 heterocycles. The van der Waals surface area contributed by atoms with Crippen molar-refractivity contribution < 1.29 is 23.8 Å². The van der Waals surface area contributed by atoms with Crippen LogP contribution < -0.4 is 4.74 Å². The number of esters is 1. The van der Waals surface area contributed by atoms with Gasteiger partial charge in [-0.05, 0) is 61.6 Å². The monoisotopic (exact) mass is 470 g/mol. The zero-order chi connectivity index (χ0) is 25.0. The zero-order valence-electron chi connectivity index (χ0n) is 21.2. The van der Waals surface area contributed by atoms with Gasteiger partial charge in [0.15, 0.2) is 0 Å². The Bertz CT molecular complexity index is 763. The normalized spacial score (nSPS) is 13.4. The molecule has 0 spiro atoms. The highest BCUT2D eigenvalue weighted by Crippen LogP contribution is 2.22. The average Bonchev–Trinajstić information content (AvgIpc) is 2.84. The molecular weight excluding hydrogens is 428 g/mol. The third-order valence-electron chi connectivity index (χ3n) is 5.54. The molecule has 2 atom stereocenters. The largest absolute Gasteiger partial charge is 0.468 e. The molecule has 188 valence electrons. The van der Waals surface area contributed by atoms with E-state index in [1.807, 2.05) is 24.3 Å². The second-order valence-corrected chi connectivity index (χ2v) is 8.54. The number of carbonyl (C=O) groups is 2. The Labute approximate surface area is 205 Å². The quantitative estimate of drug-likeness (QED) is 0.0417. The highest BCUT2D eigenvalue weighted by molar-refractivity contribution is 5.92. The Morgan fingerprint density at radius 3 is 2.35 bits per heavy atom. The molecule has 0 N–H and O–H groups in total. The molecule has 0 aliphatic rings. The number of rotatable bonds is 19. The molecular formula is C29H42O5. The SMILES string of the molecule is C=C/C(=C\CCOCCCCCCOC=O)C(=O)Oc1ccc(C(C)/C=C/C(C)CCC)cc1. The Kier molecular flexibility index (Phi) is 16.2. The molecule has 0 saturated carbocycles. The molecule has 0 bridgehead atoms. The highest BCUT2D eigenvalue weighted by Gasteiger charge is 2.10. The molecule has 1 aromatic rings. The van der Waals surface area contributed by atoms with E-state index in [-0.39, 0.29) is 0 Å². The van der Waals surface area contributed by atoms with E-state index in [0.717, 1.165) is 25.7 Å². The smallest absolute Gasteiger partial charge is 0.343 e. The van der Waals surface area contributed by atoms with Gasteiger partial charge in [0.05, 0.1) is 18.8 Å². The van der Waals surface area contributed by atoms with E-state index in [2.05, 4.69) is 44.2 Å². The van der Waals surface area contributed by atoms with Gasteiger partial charge < -0.3 is 14.2 Å². The van der Waals surface area contributed by atoms with Crippen molar-refractivity contribution in [2.75, 3.05) is 19.8 Å². The summed E-state index contributed by atoms with van der Waals surface area (Å²) in [5.74, 6) is 1.00. The Balaban J connectivity index is 2.37. The maximum Gasteiger partial charge on any atom is 0.343 e. The third-order valence-corrected chi connectivity index (χ3v) is 5.54. The first-order valence-corrected chi connectivity index (χ1v) is 12.5. The summed E-state index contributed by atoms with van der Waals surface area (Å²) in [6.07, 6.45) is 14.7. The number of carbonyl (C=O) groups excluding carboxylic acids is 2. The first-order valence-electron chi connectivity index (χ1n) is 12.5. The van der Waals surface area contributed by atoms with Crippen molar-refractivity contribution in [1.82, 2.24) is 0 Å². The molecule has 0 amide bonds. The third kappa shape index (κ3) is 13.1. The predicted molar refractivity (Wildman–Crippen MR) is 138 cm³/mol. The summed E-state index contributed by atoms with van der Waals surface area (Å²) < 4.78 is 15.8. The molecule has 1 aromatic carbocycles. The number of hydrogen-bond donors (Lipinski definition) is 0. The van der Waals surface area contributed by atoms with Crippen LogP contribution in [0.25, 0.3) is 0 Å². The lowest BCUT2D eigenvalue weighted by Crippen LogP contribution is -2.10. The van der Waals surface area contributed by atoms with E-state index in [1.165, 1.54) is 24.5 Å². The molecule has 1 rings (SSSR count). The fourth-order valence-corrected chi connectivity index (χ4v) is 3.47. The minimum atomic E-state index is -0.415. The summed E-state index contributed by atoms with van der Waals surface area (Å²) in [4.78, 5) is 22.5. The molecule has 0 aliphatic heterocycles. The molecule has 0 fully saturated rings. The van der Waals surface area contributed by atoms with Crippen molar-refractivity contribution in [2.24, 2.45) is 5.92 Å². The van der Waals surface area contributed by atoms with E-state index in [9.17, 15) is 9.59 Å². The van der Waals surface area contributed by atoms with Crippen LogP contribution in [0.4, 0.5) is 0 Å². The predicted octanol–water partition coefficient (Wildman–Crippen LogP) is 6.94. The van der Waals surface area contributed by atoms with E-state index < -0.39 is 5.97 Å². The number of ether oxygens (including phenoxy) is 3. The zero-order valence-corrected chi connectivity index (χ0v) is 21.2. The Morgan fingerprint density at radius 1 is 1.00 bits per heavy atom. The lowest BCUT2D eigenvalue weighted by molar-refractivity contribution is -0.130. The van der Waals surface area contributed by atoms with Crippen molar-refractivity contribution in [2.45, 2.75) is 71.6 Å².